The van der Waals surface area contributed by atoms with E-state index in [2.05, 4.69) is 31.9 Å². The number of rotatable bonds is 4. The molecule has 0 amide bonds. The second-order valence-electron chi connectivity index (χ2n) is 7.14. The normalized spacial score (nSPS) is 15.9. The number of hydrogen-bond acceptors (Lipinski definition) is 7. The van der Waals surface area contributed by atoms with Gasteiger partial charge in [0.05, 0.1) is 5.69 Å². The Kier molecular flexibility index (Phi) is 4.77. The van der Waals surface area contributed by atoms with Gasteiger partial charge in [-0.1, -0.05) is 0 Å². The molecule has 2 N–H and O–H groups in total. The lowest BCUT2D eigenvalue weighted by Gasteiger charge is -2.27. The number of anilines is 1. The summed E-state index contributed by atoms with van der Waals surface area (Å²) in [6.45, 7) is 1.97. The third-order valence-corrected chi connectivity index (χ3v) is 5.16. The number of piperidine rings is 1. The molecule has 4 rings (SSSR count). The first-order valence-corrected chi connectivity index (χ1v) is 9.12. The highest BCUT2D eigenvalue weighted by atomic mass is 16.1. The standard InChI is InChI=1S/C20H22N6O/c1-26-4-2-13(3-5-26)19(27)8-17-6-14-7-18(23-10-15(14)9-22-17)16-11-24-20(21)25-12-16/h6-7,9-13H,2-5,8H2,1H3,(H2,21,24,25). The Morgan fingerprint density at radius 3 is 2.48 bits per heavy atom. The van der Waals surface area contributed by atoms with Gasteiger partial charge in [0.25, 0.3) is 0 Å². The van der Waals surface area contributed by atoms with Crippen LogP contribution in [-0.4, -0.2) is 50.8 Å². The summed E-state index contributed by atoms with van der Waals surface area (Å²) in [5.74, 6) is 0.674. The second-order valence-corrected chi connectivity index (χ2v) is 7.14. The lowest BCUT2D eigenvalue weighted by molar-refractivity contribution is -0.123. The van der Waals surface area contributed by atoms with Gasteiger partial charge < -0.3 is 10.6 Å². The fourth-order valence-electron chi connectivity index (χ4n) is 3.46. The van der Waals surface area contributed by atoms with E-state index in [1.54, 1.807) is 24.8 Å². The summed E-state index contributed by atoms with van der Waals surface area (Å²) in [7, 11) is 2.10. The largest absolute Gasteiger partial charge is 0.368 e. The van der Waals surface area contributed by atoms with E-state index < -0.39 is 0 Å². The van der Waals surface area contributed by atoms with Crippen LogP contribution in [0.25, 0.3) is 22.0 Å². The minimum absolute atomic E-state index is 0.152. The summed E-state index contributed by atoms with van der Waals surface area (Å²) in [5, 5.41) is 1.93. The minimum Gasteiger partial charge on any atom is -0.368 e. The van der Waals surface area contributed by atoms with Crippen LogP contribution in [0.2, 0.25) is 0 Å². The Balaban J connectivity index is 1.55. The van der Waals surface area contributed by atoms with Gasteiger partial charge in [0, 0.05) is 53.8 Å². The van der Waals surface area contributed by atoms with Crippen LogP contribution in [0, 0.1) is 5.92 Å². The number of carbonyl (C=O) groups excluding carboxylic acids is 1. The van der Waals surface area contributed by atoms with Gasteiger partial charge in [-0.05, 0) is 50.5 Å². The molecule has 4 heterocycles. The summed E-state index contributed by atoms with van der Waals surface area (Å²) in [4.78, 5) is 31.8. The maximum Gasteiger partial charge on any atom is 0.219 e. The predicted molar refractivity (Wildman–Crippen MR) is 104 cm³/mol. The molecule has 0 bridgehead atoms. The van der Waals surface area contributed by atoms with Crippen LogP contribution in [0.15, 0.2) is 36.9 Å². The second kappa shape index (κ2) is 7.36. The molecule has 0 aromatic carbocycles. The Labute approximate surface area is 157 Å². The molecule has 0 spiro atoms. The number of fused-ring (bicyclic) bond motifs is 1. The van der Waals surface area contributed by atoms with Gasteiger partial charge in [0.2, 0.25) is 5.95 Å². The van der Waals surface area contributed by atoms with Gasteiger partial charge in [-0.2, -0.15) is 0 Å². The monoisotopic (exact) mass is 362 g/mol. The van der Waals surface area contributed by atoms with Crippen molar-refractivity contribution in [1.29, 1.82) is 0 Å². The predicted octanol–water partition coefficient (Wildman–Crippen LogP) is 2.12. The van der Waals surface area contributed by atoms with Crippen LogP contribution in [0.3, 0.4) is 0 Å². The highest BCUT2D eigenvalue weighted by Crippen LogP contribution is 2.23. The van der Waals surface area contributed by atoms with Gasteiger partial charge in [0.1, 0.15) is 5.78 Å². The van der Waals surface area contributed by atoms with Crippen LogP contribution in [0.4, 0.5) is 5.95 Å². The molecule has 1 aliphatic rings. The van der Waals surface area contributed by atoms with Crippen molar-refractivity contribution in [3.05, 3.63) is 42.6 Å². The van der Waals surface area contributed by atoms with E-state index in [0.29, 0.717) is 6.42 Å². The third kappa shape index (κ3) is 3.93. The molecule has 0 radical (unpaired) electrons. The summed E-state index contributed by atoms with van der Waals surface area (Å²) < 4.78 is 0. The van der Waals surface area contributed by atoms with Crippen molar-refractivity contribution in [3.8, 4) is 11.3 Å². The van der Waals surface area contributed by atoms with Crippen molar-refractivity contribution < 1.29 is 4.79 Å². The van der Waals surface area contributed by atoms with E-state index in [4.69, 9.17) is 5.73 Å². The van der Waals surface area contributed by atoms with Crippen molar-refractivity contribution in [2.24, 2.45) is 5.92 Å². The maximum atomic E-state index is 12.6. The average Bonchev–Trinajstić information content (AvgIpc) is 2.68. The Morgan fingerprint density at radius 1 is 1.04 bits per heavy atom. The first-order valence-electron chi connectivity index (χ1n) is 9.12. The molecule has 138 valence electrons. The van der Waals surface area contributed by atoms with E-state index in [-0.39, 0.29) is 17.6 Å². The Bertz CT molecular complexity index is 964. The van der Waals surface area contributed by atoms with Crippen molar-refractivity contribution >= 4 is 22.5 Å². The molecule has 0 aliphatic carbocycles. The molecule has 1 aliphatic heterocycles. The molecule has 7 nitrogen and oxygen atoms in total. The molecule has 7 heteroatoms. The van der Waals surface area contributed by atoms with E-state index >= 15 is 0 Å². The lowest BCUT2D eigenvalue weighted by atomic mass is 9.90. The van der Waals surface area contributed by atoms with Crippen LogP contribution >= 0.6 is 0 Å². The highest BCUT2D eigenvalue weighted by molar-refractivity contribution is 5.87. The van der Waals surface area contributed by atoms with Crippen LogP contribution in [-0.2, 0) is 11.2 Å². The molecule has 1 saturated heterocycles. The van der Waals surface area contributed by atoms with Crippen molar-refractivity contribution in [3.63, 3.8) is 0 Å². The zero-order chi connectivity index (χ0) is 18.8. The molecule has 3 aromatic rings. The summed E-state index contributed by atoms with van der Waals surface area (Å²) >= 11 is 0. The topological polar surface area (TPSA) is 97.9 Å². The lowest BCUT2D eigenvalue weighted by Crippen LogP contribution is -2.34. The molecule has 0 atom stereocenters. The molecule has 3 aromatic heterocycles. The molecular weight excluding hydrogens is 340 g/mol. The number of carbonyl (C=O) groups is 1. The van der Waals surface area contributed by atoms with E-state index in [0.717, 1.165) is 53.7 Å². The van der Waals surface area contributed by atoms with E-state index in [9.17, 15) is 4.79 Å². The SMILES string of the molecule is CN1CCC(C(=O)Cc2cc3cc(-c4cnc(N)nc4)ncc3cn2)CC1. The van der Waals surface area contributed by atoms with Crippen molar-refractivity contribution in [1.82, 2.24) is 24.8 Å². The number of aromatic nitrogens is 4. The summed E-state index contributed by atoms with van der Waals surface area (Å²) in [6, 6.07) is 3.95. The number of nitrogens with two attached hydrogens (primary N) is 1. The smallest absolute Gasteiger partial charge is 0.219 e. The summed E-state index contributed by atoms with van der Waals surface area (Å²) in [5.41, 5.74) is 7.91. The Hall–Kier alpha value is -2.93. The molecule has 0 unspecified atom stereocenters. The average molecular weight is 362 g/mol. The highest BCUT2D eigenvalue weighted by Gasteiger charge is 2.23. The van der Waals surface area contributed by atoms with Gasteiger partial charge in [-0.15, -0.1) is 0 Å². The number of pyridine rings is 2. The zero-order valence-corrected chi connectivity index (χ0v) is 15.3. The first-order chi connectivity index (χ1) is 13.1. The maximum absolute atomic E-state index is 12.6. The number of Topliss-reactive ketones (excluding diaryl/α,β-unsaturated/α-hetero) is 1. The van der Waals surface area contributed by atoms with E-state index in [1.165, 1.54) is 0 Å². The number of hydrogen-bond donors (Lipinski definition) is 1. The van der Waals surface area contributed by atoms with Gasteiger partial charge >= 0.3 is 0 Å². The van der Waals surface area contributed by atoms with Crippen LogP contribution in [0.5, 0.6) is 0 Å². The van der Waals surface area contributed by atoms with E-state index in [1.807, 2.05) is 12.1 Å². The van der Waals surface area contributed by atoms with Crippen molar-refractivity contribution in [2.75, 3.05) is 25.9 Å². The molecule has 1 fully saturated rings. The number of nitrogens with zero attached hydrogens (tertiary/aromatic N) is 5. The fourth-order valence-corrected chi connectivity index (χ4v) is 3.46. The molecule has 0 saturated carbocycles. The van der Waals surface area contributed by atoms with Crippen molar-refractivity contribution in [2.45, 2.75) is 19.3 Å². The quantitative estimate of drug-likeness (QED) is 0.759. The first kappa shape index (κ1) is 17.5. The van der Waals surface area contributed by atoms with Gasteiger partial charge in [-0.25, -0.2) is 9.97 Å². The number of ketones is 1. The Morgan fingerprint density at radius 2 is 1.74 bits per heavy atom. The molecular formula is C20H22N6O. The number of nitrogen functional groups attached to an aromatic ring is 1. The minimum atomic E-state index is 0.152. The number of likely N-dealkylation sites (tertiary alicyclic amines) is 1. The fraction of sp³-hybridized carbons (Fsp3) is 0.350. The van der Waals surface area contributed by atoms with Crippen LogP contribution < -0.4 is 5.73 Å². The third-order valence-electron chi connectivity index (χ3n) is 5.16. The summed E-state index contributed by atoms with van der Waals surface area (Å²) in [6.07, 6.45) is 9.12. The van der Waals surface area contributed by atoms with Gasteiger partial charge in [0.15, 0.2) is 0 Å². The molecule has 27 heavy (non-hydrogen) atoms. The van der Waals surface area contributed by atoms with Crippen LogP contribution in [0.1, 0.15) is 18.5 Å². The zero-order valence-electron chi connectivity index (χ0n) is 15.3. The van der Waals surface area contributed by atoms with Gasteiger partial charge in [-0.3, -0.25) is 14.8 Å².